The monoisotopic (exact) mass is 153 g/mol. The molecule has 0 saturated carbocycles. The molecular formula is C8H11NO2. The summed E-state index contributed by atoms with van der Waals surface area (Å²) in [4.78, 5) is 11.0. The molecule has 3 nitrogen and oxygen atoms in total. The summed E-state index contributed by atoms with van der Waals surface area (Å²) in [5.41, 5.74) is 1.41. The van der Waals surface area contributed by atoms with Crippen molar-refractivity contribution in [2.45, 2.75) is 13.8 Å². The van der Waals surface area contributed by atoms with Crippen molar-refractivity contribution in [2.75, 3.05) is 0 Å². The lowest BCUT2D eigenvalue weighted by molar-refractivity contribution is 0.418. The van der Waals surface area contributed by atoms with Gasteiger partial charge in [0.1, 0.15) is 0 Å². The third-order valence-electron chi connectivity index (χ3n) is 1.92. The second-order valence-corrected chi connectivity index (χ2v) is 2.67. The van der Waals surface area contributed by atoms with Gasteiger partial charge in [0.05, 0.1) is 0 Å². The Kier molecular flexibility index (Phi) is 1.72. The molecule has 0 fully saturated rings. The van der Waals surface area contributed by atoms with Crippen molar-refractivity contribution < 1.29 is 5.11 Å². The minimum absolute atomic E-state index is 0.0509. The van der Waals surface area contributed by atoms with Gasteiger partial charge in [-0.3, -0.25) is 9.36 Å². The van der Waals surface area contributed by atoms with Gasteiger partial charge >= 0.3 is 0 Å². The van der Waals surface area contributed by atoms with Gasteiger partial charge in [-0.25, -0.2) is 0 Å². The molecule has 0 aliphatic heterocycles. The molecule has 0 radical (unpaired) electrons. The zero-order valence-electron chi connectivity index (χ0n) is 6.88. The zero-order chi connectivity index (χ0) is 8.59. The fourth-order valence-corrected chi connectivity index (χ4v) is 0.923. The summed E-state index contributed by atoms with van der Waals surface area (Å²) in [6.45, 7) is 3.58. The third kappa shape index (κ3) is 1.13. The van der Waals surface area contributed by atoms with Crippen LogP contribution in [0.15, 0.2) is 10.9 Å². The van der Waals surface area contributed by atoms with Crippen molar-refractivity contribution >= 4 is 0 Å². The molecule has 1 N–H and O–H groups in total. The number of aryl methyl sites for hydroxylation is 1. The van der Waals surface area contributed by atoms with E-state index in [1.807, 2.05) is 0 Å². The Morgan fingerprint density at radius 3 is 2.55 bits per heavy atom. The highest BCUT2D eigenvalue weighted by Gasteiger charge is 2.04. The number of hydrogen-bond donors (Lipinski definition) is 1. The predicted octanol–water partition coefficient (Wildman–Crippen LogP) is 0.708. The van der Waals surface area contributed by atoms with Gasteiger partial charge < -0.3 is 5.11 Å². The van der Waals surface area contributed by atoms with Crippen LogP contribution in [-0.4, -0.2) is 9.67 Å². The van der Waals surface area contributed by atoms with Crippen molar-refractivity contribution in [3.63, 3.8) is 0 Å². The molecule has 0 aromatic carbocycles. The lowest BCUT2D eigenvalue weighted by Crippen LogP contribution is -2.16. The first-order chi connectivity index (χ1) is 5.04. The number of aromatic nitrogens is 1. The van der Waals surface area contributed by atoms with E-state index >= 15 is 0 Å². The van der Waals surface area contributed by atoms with Crippen LogP contribution >= 0.6 is 0 Å². The Balaban J connectivity index is 3.59. The van der Waals surface area contributed by atoms with Crippen LogP contribution in [0.1, 0.15) is 11.1 Å². The summed E-state index contributed by atoms with van der Waals surface area (Å²) >= 11 is 0. The highest BCUT2D eigenvalue weighted by molar-refractivity contribution is 5.31. The molecule has 0 unspecified atom stereocenters. The molecule has 0 aliphatic carbocycles. The summed E-state index contributed by atoms with van der Waals surface area (Å²) in [6.07, 6.45) is 0. The average molecular weight is 153 g/mol. The van der Waals surface area contributed by atoms with Crippen LogP contribution in [0, 0.1) is 13.8 Å². The summed E-state index contributed by atoms with van der Waals surface area (Å²) in [7, 11) is 1.55. The van der Waals surface area contributed by atoms with E-state index in [0.29, 0.717) is 0 Å². The number of aromatic hydroxyl groups is 1. The van der Waals surface area contributed by atoms with Crippen LogP contribution in [-0.2, 0) is 7.05 Å². The van der Waals surface area contributed by atoms with Crippen LogP contribution in [0.2, 0.25) is 0 Å². The number of rotatable bonds is 0. The second-order valence-electron chi connectivity index (χ2n) is 2.67. The molecule has 0 spiro atoms. The van der Waals surface area contributed by atoms with Crippen molar-refractivity contribution in [2.24, 2.45) is 7.05 Å². The Labute approximate surface area is 64.9 Å². The number of hydrogen-bond acceptors (Lipinski definition) is 2. The van der Waals surface area contributed by atoms with E-state index in [1.54, 1.807) is 20.9 Å². The Morgan fingerprint density at radius 1 is 1.45 bits per heavy atom. The van der Waals surface area contributed by atoms with Crippen LogP contribution in [0.4, 0.5) is 0 Å². The molecule has 0 saturated heterocycles. The van der Waals surface area contributed by atoms with Gasteiger partial charge in [0.25, 0.3) is 5.56 Å². The van der Waals surface area contributed by atoms with E-state index in [0.717, 1.165) is 11.1 Å². The first-order valence-corrected chi connectivity index (χ1v) is 3.40. The summed E-state index contributed by atoms with van der Waals surface area (Å²) < 4.78 is 1.22. The van der Waals surface area contributed by atoms with Crippen LogP contribution < -0.4 is 5.56 Å². The van der Waals surface area contributed by atoms with Crippen LogP contribution in [0.25, 0.3) is 0 Å². The molecule has 0 atom stereocenters. The van der Waals surface area contributed by atoms with Gasteiger partial charge in [0, 0.05) is 18.7 Å². The largest absolute Gasteiger partial charge is 0.494 e. The second kappa shape index (κ2) is 2.42. The van der Waals surface area contributed by atoms with Crippen molar-refractivity contribution in [3.05, 3.63) is 27.5 Å². The molecule has 0 aliphatic rings. The third-order valence-corrected chi connectivity index (χ3v) is 1.92. The summed E-state index contributed by atoms with van der Waals surface area (Å²) in [5, 5.41) is 9.33. The maximum atomic E-state index is 11.0. The fraction of sp³-hybridized carbons (Fsp3) is 0.375. The standard InChI is InChI=1S/C8H11NO2/c1-5-4-7(10)9(3)8(11)6(5)2/h4,11H,1-3H3. The van der Waals surface area contributed by atoms with E-state index in [-0.39, 0.29) is 11.4 Å². The minimum atomic E-state index is -0.175. The molecule has 3 heteroatoms. The Hall–Kier alpha value is -1.25. The van der Waals surface area contributed by atoms with E-state index in [1.165, 1.54) is 10.6 Å². The van der Waals surface area contributed by atoms with Gasteiger partial charge in [-0.1, -0.05) is 0 Å². The van der Waals surface area contributed by atoms with Gasteiger partial charge in [-0.05, 0) is 19.4 Å². The molecule has 0 amide bonds. The lowest BCUT2D eigenvalue weighted by Gasteiger charge is -2.06. The van der Waals surface area contributed by atoms with E-state index in [2.05, 4.69) is 0 Å². The molecule has 1 heterocycles. The number of nitrogens with zero attached hydrogens (tertiary/aromatic N) is 1. The van der Waals surface area contributed by atoms with E-state index < -0.39 is 0 Å². The van der Waals surface area contributed by atoms with Crippen LogP contribution in [0.3, 0.4) is 0 Å². The fourth-order valence-electron chi connectivity index (χ4n) is 0.923. The molecule has 11 heavy (non-hydrogen) atoms. The first-order valence-electron chi connectivity index (χ1n) is 3.40. The molecule has 1 aromatic rings. The molecule has 0 bridgehead atoms. The number of pyridine rings is 1. The quantitative estimate of drug-likeness (QED) is 0.596. The molecule has 1 rings (SSSR count). The zero-order valence-corrected chi connectivity index (χ0v) is 6.88. The highest BCUT2D eigenvalue weighted by atomic mass is 16.3. The first kappa shape index (κ1) is 7.85. The molecule has 1 aromatic heterocycles. The highest BCUT2D eigenvalue weighted by Crippen LogP contribution is 2.14. The van der Waals surface area contributed by atoms with Gasteiger partial charge in [0.2, 0.25) is 0 Å². The van der Waals surface area contributed by atoms with E-state index in [4.69, 9.17) is 0 Å². The molecular weight excluding hydrogens is 142 g/mol. The molecule has 60 valence electrons. The Morgan fingerprint density at radius 2 is 2.00 bits per heavy atom. The lowest BCUT2D eigenvalue weighted by atomic mass is 10.2. The van der Waals surface area contributed by atoms with Gasteiger partial charge in [0.15, 0.2) is 5.88 Å². The smallest absolute Gasteiger partial charge is 0.253 e. The maximum Gasteiger partial charge on any atom is 0.253 e. The van der Waals surface area contributed by atoms with E-state index in [9.17, 15) is 9.90 Å². The summed E-state index contributed by atoms with van der Waals surface area (Å²) in [5.74, 6) is 0.0509. The predicted molar refractivity (Wildman–Crippen MR) is 42.8 cm³/mol. The SMILES string of the molecule is Cc1cc(=O)n(C)c(O)c1C. The van der Waals surface area contributed by atoms with Crippen molar-refractivity contribution in [1.82, 2.24) is 4.57 Å². The van der Waals surface area contributed by atoms with Gasteiger partial charge in [-0.2, -0.15) is 0 Å². The summed E-state index contributed by atoms with van der Waals surface area (Å²) in [6, 6.07) is 1.51. The van der Waals surface area contributed by atoms with Gasteiger partial charge in [-0.15, -0.1) is 0 Å². The maximum absolute atomic E-state index is 11.0. The normalized spacial score (nSPS) is 10.1. The van der Waals surface area contributed by atoms with Crippen molar-refractivity contribution in [1.29, 1.82) is 0 Å². The van der Waals surface area contributed by atoms with Crippen molar-refractivity contribution in [3.8, 4) is 5.88 Å². The Bertz CT molecular complexity index is 339. The minimum Gasteiger partial charge on any atom is -0.494 e. The topological polar surface area (TPSA) is 42.2 Å². The average Bonchev–Trinajstić information content (AvgIpc) is 1.97. The van der Waals surface area contributed by atoms with Crippen LogP contribution in [0.5, 0.6) is 5.88 Å².